The van der Waals surface area contributed by atoms with Crippen LogP contribution in [0.1, 0.15) is 32.3 Å². The monoisotopic (exact) mass is 308 g/mol. The smallest absolute Gasteiger partial charge is 0.115 e. The summed E-state index contributed by atoms with van der Waals surface area (Å²) in [4.78, 5) is 4.55. The molecule has 0 amide bonds. The molecule has 0 spiro atoms. The van der Waals surface area contributed by atoms with Crippen molar-refractivity contribution in [1.29, 1.82) is 0 Å². The molecule has 3 N–H and O–H groups in total. The highest BCUT2D eigenvalue weighted by Gasteiger charge is 2.29. The van der Waals surface area contributed by atoms with Gasteiger partial charge in [0.15, 0.2) is 0 Å². The molecular weight excluding hydrogens is 284 g/mol. The lowest BCUT2D eigenvalue weighted by Gasteiger charge is -2.15. The number of hydrazine groups is 1. The lowest BCUT2D eigenvalue weighted by molar-refractivity contribution is 0.522. The Morgan fingerprint density at radius 1 is 1.26 bits per heavy atom. The highest BCUT2D eigenvalue weighted by molar-refractivity contribution is 5.99. The Labute approximate surface area is 138 Å². The highest BCUT2D eigenvalue weighted by Crippen LogP contribution is 2.35. The first-order chi connectivity index (χ1) is 11.1. The van der Waals surface area contributed by atoms with Crippen molar-refractivity contribution in [2.24, 2.45) is 10.9 Å². The fourth-order valence-electron chi connectivity index (χ4n) is 2.46. The first kappa shape index (κ1) is 15.6. The lowest BCUT2D eigenvalue weighted by Crippen LogP contribution is -2.41. The molecule has 0 radical (unpaired) electrons. The first-order valence-corrected chi connectivity index (χ1v) is 8.09. The second-order valence-corrected chi connectivity index (χ2v) is 6.16. The summed E-state index contributed by atoms with van der Waals surface area (Å²) in [5.41, 5.74) is 11.8. The predicted octanol–water partition coefficient (Wildman–Crippen LogP) is 3.23. The van der Waals surface area contributed by atoms with E-state index >= 15 is 0 Å². The van der Waals surface area contributed by atoms with Crippen molar-refractivity contribution in [2.75, 3.05) is 0 Å². The molecular formula is C19H24N4. The van der Waals surface area contributed by atoms with Gasteiger partial charge >= 0.3 is 0 Å². The first-order valence-electron chi connectivity index (χ1n) is 8.09. The zero-order valence-corrected chi connectivity index (χ0v) is 13.8. The van der Waals surface area contributed by atoms with Gasteiger partial charge in [0.25, 0.3) is 0 Å². The Morgan fingerprint density at radius 2 is 2.00 bits per heavy atom. The van der Waals surface area contributed by atoms with Crippen molar-refractivity contribution in [2.45, 2.75) is 32.9 Å². The van der Waals surface area contributed by atoms with Crippen LogP contribution in [-0.2, 0) is 0 Å². The van der Waals surface area contributed by atoms with E-state index in [2.05, 4.69) is 45.9 Å². The summed E-state index contributed by atoms with van der Waals surface area (Å²) >= 11 is 0. The summed E-state index contributed by atoms with van der Waals surface area (Å²) in [7, 11) is 0. The Kier molecular flexibility index (Phi) is 4.63. The van der Waals surface area contributed by atoms with Crippen molar-refractivity contribution in [1.82, 2.24) is 16.2 Å². The second kappa shape index (κ2) is 6.84. The lowest BCUT2D eigenvalue weighted by atomic mass is 10.1. The fourth-order valence-corrected chi connectivity index (χ4v) is 2.46. The standard InChI is InChI=1S/C19H24N4/c1-13(12-20-15(3)16-7-5-4-6-8-16)14(2)21-19-11-18(22-23-19)17-9-10-17/h4-8,11-12,17,19,21-23H,2,9-10H2,1,3H3/b13-12-,20-15?. The highest BCUT2D eigenvalue weighted by atomic mass is 15.4. The Bertz CT molecular complexity index is 666. The molecule has 1 aliphatic heterocycles. The van der Waals surface area contributed by atoms with Gasteiger partial charge in [-0.1, -0.05) is 36.9 Å². The molecule has 1 fully saturated rings. The molecule has 23 heavy (non-hydrogen) atoms. The molecule has 1 atom stereocenters. The van der Waals surface area contributed by atoms with Crippen LogP contribution in [0.15, 0.2) is 71.1 Å². The molecule has 1 heterocycles. The van der Waals surface area contributed by atoms with Crippen LogP contribution >= 0.6 is 0 Å². The maximum absolute atomic E-state index is 4.55. The van der Waals surface area contributed by atoms with Gasteiger partial charge in [0.1, 0.15) is 6.17 Å². The van der Waals surface area contributed by atoms with Gasteiger partial charge < -0.3 is 10.7 Å². The third-order valence-corrected chi connectivity index (χ3v) is 4.18. The van der Waals surface area contributed by atoms with Gasteiger partial charge in [0.05, 0.1) is 0 Å². The average molecular weight is 308 g/mol. The number of aliphatic imine (C=N–C) groups is 1. The van der Waals surface area contributed by atoms with Gasteiger partial charge in [0, 0.05) is 23.3 Å². The largest absolute Gasteiger partial charge is 0.365 e. The van der Waals surface area contributed by atoms with Crippen LogP contribution < -0.4 is 16.2 Å². The van der Waals surface area contributed by atoms with Crippen LogP contribution in [0.5, 0.6) is 0 Å². The molecule has 120 valence electrons. The number of allylic oxidation sites excluding steroid dienone is 2. The van der Waals surface area contributed by atoms with Gasteiger partial charge in [0.2, 0.25) is 0 Å². The Balaban J connectivity index is 1.58. The van der Waals surface area contributed by atoms with Gasteiger partial charge in [-0.05, 0) is 49.8 Å². The van der Waals surface area contributed by atoms with E-state index in [-0.39, 0.29) is 6.17 Å². The molecule has 1 aromatic carbocycles. The topological polar surface area (TPSA) is 48.4 Å². The summed E-state index contributed by atoms with van der Waals surface area (Å²) in [5, 5.41) is 3.37. The van der Waals surface area contributed by atoms with Gasteiger partial charge in [-0.25, -0.2) is 5.43 Å². The Hall–Kier alpha value is -2.33. The molecule has 0 saturated heterocycles. The van der Waals surface area contributed by atoms with E-state index < -0.39 is 0 Å². The van der Waals surface area contributed by atoms with Crippen molar-refractivity contribution >= 4 is 5.71 Å². The van der Waals surface area contributed by atoms with Crippen molar-refractivity contribution in [3.05, 3.63) is 71.7 Å². The zero-order chi connectivity index (χ0) is 16.2. The fraction of sp³-hybridized carbons (Fsp3) is 0.316. The zero-order valence-electron chi connectivity index (χ0n) is 13.8. The third-order valence-electron chi connectivity index (χ3n) is 4.18. The van der Waals surface area contributed by atoms with Crippen LogP contribution in [-0.4, -0.2) is 11.9 Å². The summed E-state index contributed by atoms with van der Waals surface area (Å²) in [5.74, 6) is 0.720. The van der Waals surface area contributed by atoms with Crippen LogP contribution in [0.2, 0.25) is 0 Å². The van der Waals surface area contributed by atoms with E-state index in [4.69, 9.17) is 0 Å². The molecule has 0 aromatic heterocycles. The SMILES string of the molecule is C=C(NC1C=C(C2CC2)NN1)/C(C)=C\N=C(C)c1ccccc1. The van der Waals surface area contributed by atoms with E-state index in [0.717, 1.165) is 28.5 Å². The van der Waals surface area contributed by atoms with Gasteiger partial charge in [-0.2, -0.15) is 0 Å². The van der Waals surface area contributed by atoms with Crippen molar-refractivity contribution in [3.8, 4) is 0 Å². The molecule has 3 rings (SSSR count). The van der Waals surface area contributed by atoms with Gasteiger partial charge in [-0.15, -0.1) is 0 Å². The maximum Gasteiger partial charge on any atom is 0.115 e. The van der Waals surface area contributed by atoms with E-state index in [1.165, 1.54) is 18.5 Å². The molecule has 1 aromatic rings. The second-order valence-electron chi connectivity index (χ2n) is 6.16. The predicted molar refractivity (Wildman–Crippen MR) is 95.6 cm³/mol. The number of nitrogens with one attached hydrogen (secondary N) is 3. The van der Waals surface area contributed by atoms with Gasteiger partial charge in [-0.3, -0.25) is 4.99 Å². The van der Waals surface area contributed by atoms with E-state index in [9.17, 15) is 0 Å². The van der Waals surface area contributed by atoms with Crippen LogP contribution in [0.4, 0.5) is 0 Å². The summed E-state index contributed by atoms with van der Waals surface area (Å²) in [6, 6.07) is 10.2. The van der Waals surface area contributed by atoms with Crippen molar-refractivity contribution < 1.29 is 0 Å². The molecule has 4 heteroatoms. The number of nitrogens with zero attached hydrogens (tertiary/aromatic N) is 1. The molecule has 2 aliphatic rings. The normalized spacial score (nSPS) is 21.7. The van der Waals surface area contributed by atoms with E-state index in [1.54, 1.807) is 0 Å². The maximum atomic E-state index is 4.55. The average Bonchev–Trinajstić information content (AvgIpc) is 3.33. The van der Waals surface area contributed by atoms with E-state index in [0.29, 0.717) is 0 Å². The number of hydrogen-bond acceptors (Lipinski definition) is 4. The summed E-state index contributed by atoms with van der Waals surface area (Å²) in [6.45, 7) is 8.14. The molecule has 1 aliphatic carbocycles. The number of hydrogen-bond donors (Lipinski definition) is 3. The van der Waals surface area contributed by atoms with Crippen LogP contribution in [0, 0.1) is 5.92 Å². The Morgan fingerprint density at radius 3 is 2.70 bits per heavy atom. The van der Waals surface area contributed by atoms with Crippen molar-refractivity contribution in [3.63, 3.8) is 0 Å². The third kappa shape index (κ3) is 4.11. The summed E-state index contributed by atoms with van der Waals surface area (Å²) < 4.78 is 0. The summed E-state index contributed by atoms with van der Waals surface area (Å²) in [6.07, 6.45) is 6.74. The minimum Gasteiger partial charge on any atom is -0.365 e. The quantitative estimate of drug-likeness (QED) is 0.558. The van der Waals surface area contributed by atoms with Crippen LogP contribution in [0.3, 0.4) is 0 Å². The molecule has 1 saturated carbocycles. The van der Waals surface area contributed by atoms with E-state index in [1.807, 2.05) is 38.2 Å². The molecule has 1 unspecified atom stereocenters. The number of rotatable bonds is 6. The minimum absolute atomic E-state index is 0.0839. The minimum atomic E-state index is 0.0839. The molecule has 4 nitrogen and oxygen atoms in total. The van der Waals surface area contributed by atoms with Crippen LogP contribution in [0.25, 0.3) is 0 Å². The molecule has 0 bridgehead atoms. The number of benzene rings is 1.